The predicted molar refractivity (Wildman–Crippen MR) is 83.3 cm³/mol. The molecule has 0 saturated carbocycles. The van der Waals surface area contributed by atoms with Crippen molar-refractivity contribution in [1.82, 2.24) is 15.1 Å². The number of aromatic nitrogens is 2. The fourth-order valence-corrected chi connectivity index (χ4v) is 2.45. The van der Waals surface area contributed by atoms with Gasteiger partial charge in [-0.15, -0.1) is 0 Å². The van der Waals surface area contributed by atoms with Crippen LogP contribution in [0.25, 0.3) is 5.69 Å². The molecule has 0 aliphatic carbocycles. The van der Waals surface area contributed by atoms with Crippen LogP contribution in [0, 0.1) is 0 Å². The molecule has 0 unspecified atom stereocenters. The SMILES string of the molecule is CC(C)NCc1ccn(-c2ccc(Br)c(Cl)c2Cl)n1. The third-order valence-corrected chi connectivity index (χ3v) is 4.36. The van der Waals surface area contributed by atoms with E-state index in [-0.39, 0.29) is 0 Å². The van der Waals surface area contributed by atoms with E-state index in [0.717, 1.165) is 22.4 Å². The largest absolute Gasteiger partial charge is 0.309 e. The van der Waals surface area contributed by atoms with E-state index in [4.69, 9.17) is 23.2 Å². The molecule has 2 rings (SSSR count). The van der Waals surface area contributed by atoms with Crippen LogP contribution in [0.4, 0.5) is 0 Å². The Morgan fingerprint density at radius 3 is 2.68 bits per heavy atom. The molecule has 0 fully saturated rings. The maximum atomic E-state index is 6.23. The van der Waals surface area contributed by atoms with Crippen LogP contribution in [0.3, 0.4) is 0 Å². The van der Waals surface area contributed by atoms with Crippen molar-refractivity contribution in [3.8, 4) is 5.69 Å². The molecule has 0 saturated heterocycles. The summed E-state index contributed by atoms with van der Waals surface area (Å²) in [5, 5.41) is 8.78. The molecular formula is C13H14BrCl2N3. The minimum absolute atomic E-state index is 0.427. The number of rotatable bonds is 4. The molecule has 1 N–H and O–H groups in total. The van der Waals surface area contributed by atoms with Gasteiger partial charge < -0.3 is 5.32 Å². The smallest absolute Gasteiger partial charge is 0.0860 e. The van der Waals surface area contributed by atoms with Crippen molar-refractivity contribution in [1.29, 1.82) is 0 Å². The molecule has 1 heterocycles. The second-order valence-electron chi connectivity index (χ2n) is 4.48. The number of halogens is 3. The number of hydrogen-bond donors (Lipinski definition) is 1. The molecule has 0 bridgehead atoms. The highest BCUT2D eigenvalue weighted by Crippen LogP contribution is 2.34. The normalized spacial score (nSPS) is 11.3. The predicted octanol–water partition coefficient (Wildman–Crippen LogP) is 4.44. The van der Waals surface area contributed by atoms with Crippen LogP contribution in [0.2, 0.25) is 10.0 Å². The minimum atomic E-state index is 0.427. The highest BCUT2D eigenvalue weighted by molar-refractivity contribution is 9.10. The fourth-order valence-electron chi connectivity index (χ4n) is 1.59. The maximum absolute atomic E-state index is 6.23. The summed E-state index contributed by atoms with van der Waals surface area (Å²) in [6, 6.07) is 6.13. The van der Waals surface area contributed by atoms with E-state index < -0.39 is 0 Å². The summed E-state index contributed by atoms with van der Waals surface area (Å²) in [5.74, 6) is 0. The van der Waals surface area contributed by atoms with E-state index in [1.165, 1.54) is 0 Å². The lowest BCUT2D eigenvalue weighted by Crippen LogP contribution is -2.22. The molecule has 102 valence electrons. The molecule has 0 aliphatic heterocycles. The van der Waals surface area contributed by atoms with E-state index in [1.807, 2.05) is 24.4 Å². The Kier molecular flexibility index (Phi) is 4.90. The second kappa shape index (κ2) is 6.27. The molecule has 0 radical (unpaired) electrons. The van der Waals surface area contributed by atoms with Gasteiger partial charge in [0.2, 0.25) is 0 Å². The Bertz CT molecular complexity index is 581. The lowest BCUT2D eigenvalue weighted by Gasteiger charge is -2.08. The van der Waals surface area contributed by atoms with Gasteiger partial charge in [-0.05, 0) is 34.1 Å². The molecule has 0 amide bonds. The standard InChI is InChI=1S/C13H14BrCl2N3/c1-8(2)17-7-9-5-6-19(18-9)11-4-3-10(14)12(15)13(11)16/h3-6,8,17H,7H2,1-2H3. The van der Waals surface area contributed by atoms with Crippen LogP contribution in [-0.2, 0) is 6.54 Å². The molecule has 0 atom stereocenters. The van der Waals surface area contributed by atoms with Gasteiger partial charge in [0.25, 0.3) is 0 Å². The highest BCUT2D eigenvalue weighted by Gasteiger charge is 2.11. The molecule has 1 aromatic heterocycles. The first-order valence-electron chi connectivity index (χ1n) is 5.91. The van der Waals surface area contributed by atoms with Crippen molar-refractivity contribution >= 4 is 39.1 Å². The van der Waals surface area contributed by atoms with Gasteiger partial charge in [-0.25, -0.2) is 4.68 Å². The average Bonchev–Trinajstić information content (AvgIpc) is 2.82. The van der Waals surface area contributed by atoms with Crippen molar-refractivity contribution in [2.45, 2.75) is 26.4 Å². The third kappa shape index (κ3) is 3.51. The zero-order valence-electron chi connectivity index (χ0n) is 10.6. The van der Waals surface area contributed by atoms with Crippen LogP contribution in [0.1, 0.15) is 19.5 Å². The summed E-state index contributed by atoms with van der Waals surface area (Å²) in [4.78, 5) is 0. The van der Waals surface area contributed by atoms with Crippen LogP contribution in [-0.4, -0.2) is 15.8 Å². The first-order valence-corrected chi connectivity index (χ1v) is 7.45. The highest BCUT2D eigenvalue weighted by atomic mass is 79.9. The van der Waals surface area contributed by atoms with Gasteiger partial charge in [-0.3, -0.25) is 0 Å². The molecule has 1 aromatic carbocycles. The molecule has 3 nitrogen and oxygen atoms in total. The first kappa shape index (κ1) is 14.9. The van der Waals surface area contributed by atoms with Gasteiger partial charge in [0, 0.05) is 23.3 Å². The first-order chi connectivity index (χ1) is 8.99. The lowest BCUT2D eigenvalue weighted by molar-refractivity contribution is 0.578. The van der Waals surface area contributed by atoms with Gasteiger partial charge in [0.15, 0.2) is 0 Å². The second-order valence-corrected chi connectivity index (χ2v) is 6.09. The van der Waals surface area contributed by atoms with Crippen LogP contribution in [0.5, 0.6) is 0 Å². The molecule has 0 spiro atoms. The zero-order valence-corrected chi connectivity index (χ0v) is 13.7. The monoisotopic (exact) mass is 361 g/mol. The van der Waals surface area contributed by atoms with E-state index in [1.54, 1.807) is 4.68 Å². The van der Waals surface area contributed by atoms with Crippen molar-refractivity contribution in [3.05, 3.63) is 44.6 Å². The van der Waals surface area contributed by atoms with Crippen molar-refractivity contribution in [3.63, 3.8) is 0 Å². The van der Waals surface area contributed by atoms with Gasteiger partial charge in [-0.2, -0.15) is 5.10 Å². The molecule has 6 heteroatoms. The van der Waals surface area contributed by atoms with E-state index in [2.05, 4.69) is 40.2 Å². The summed E-state index contributed by atoms with van der Waals surface area (Å²) in [5.41, 5.74) is 1.73. The summed E-state index contributed by atoms with van der Waals surface area (Å²) in [6.07, 6.45) is 1.88. The molecule has 0 aliphatic rings. The molecule has 19 heavy (non-hydrogen) atoms. The number of nitrogens with one attached hydrogen (secondary N) is 1. The Balaban J connectivity index is 2.26. The van der Waals surface area contributed by atoms with Crippen LogP contribution in [0.15, 0.2) is 28.9 Å². The average molecular weight is 363 g/mol. The topological polar surface area (TPSA) is 29.9 Å². The Labute approximate surface area is 131 Å². The molecular weight excluding hydrogens is 349 g/mol. The van der Waals surface area contributed by atoms with E-state index >= 15 is 0 Å². The lowest BCUT2D eigenvalue weighted by atomic mass is 10.3. The quantitative estimate of drug-likeness (QED) is 0.815. The zero-order chi connectivity index (χ0) is 14.0. The maximum Gasteiger partial charge on any atom is 0.0860 e. The van der Waals surface area contributed by atoms with E-state index in [9.17, 15) is 0 Å². The Hall–Kier alpha value is -0.550. The number of nitrogens with zero attached hydrogens (tertiary/aromatic N) is 2. The number of hydrogen-bond acceptors (Lipinski definition) is 2. The van der Waals surface area contributed by atoms with Crippen LogP contribution < -0.4 is 5.32 Å². The Morgan fingerprint density at radius 1 is 1.26 bits per heavy atom. The summed E-state index contributed by atoms with van der Waals surface area (Å²) < 4.78 is 2.51. The summed E-state index contributed by atoms with van der Waals surface area (Å²) in [7, 11) is 0. The van der Waals surface area contributed by atoms with Gasteiger partial charge in [0.05, 0.1) is 21.4 Å². The van der Waals surface area contributed by atoms with E-state index in [0.29, 0.717) is 16.1 Å². The Morgan fingerprint density at radius 2 is 2.00 bits per heavy atom. The van der Waals surface area contributed by atoms with Crippen molar-refractivity contribution in [2.75, 3.05) is 0 Å². The van der Waals surface area contributed by atoms with Crippen molar-refractivity contribution < 1.29 is 0 Å². The van der Waals surface area contributed by atoms with Gasteiger partial charge >= 0.3 is 0 Å². The third-order valence-electron chi connectivity index (χ3n) is 2.60. The van der Waals surface area contributed by atoms with Crippen LogP contribution >= 0.6 is 39.1 Å². The van der Waals surface area contributed by atoms with Crippen molar-refractivity contribution in [2.24, 2.45) is 0 Å². The van der Waals surface area contributed by atoms with Gasteiger partial charge in [-0.1, -0.05) is 37.0 Å². The van der Waals surface area contributed by atoms with Gasteiger partial charge in [0.1, 0.15) is 0 Å². The minimum Gasteiger partial charge on any atom is -0.309 e. The fraction of sp³-hybridized carbons (Fsp3) is 0.308. The summed E-state index contributed by atoms with van der Waals surface area (Å²) in [6.45, 7) is 4.93. The molecule has 2 aromatic rings. The summed E-state index contributed by atoms with van der Waals surface area (Å²) >= 11 is 15.7. The number of benzene rings is 1.